The van der Waals surface area contributed by atoms with Crippen LogP contribution < -0.4 is 10.6 Å². The van der Waals surface area contributed by atoms with E-state index in [2.05, 4.69) is 15.5 Å². The van der Waals surface area contributed by atoms with Gasteiger partial charge in [0.25, 0.3) is 11.8 Å². The van der Waals surface area contributed by atoms with Crippen LogP contribution in [0.2, 0.25) is 0 Å². The zero-order valence-electron chi connectivity index (χ0n) is 20.5. The molecule has 3 saturated heterocycles. The molecule has 9 heteroatoms. The van der Waals surface area contributed by atoms with Gasteiger partial charge in [0.1, 0.15) is 6.04 Å². The average molecular weight is 495 g/mol. The molecule has 4 amide bonds. The van der Waals surface area contributed by atoms with Gasteiger partial charge < -0.3 is 15.0 Å². The molecule has 0 spiro atoms. The van der Waals surface area contributed by atoms with Crippen LogP contribution in [0.15, 0.2) is 18.2 Å². The van der Waals surface area contributed by atoms with Crippen molar-refractivity contribution in [3.8, 4) is 0 Å². The fourth-order valence-corrected chi connectivity index (χ4v) is 6.61. The number of carbonyl (C=O) groups is 4. The number of hydrogen-bond acceptors (Lipinski definition) is 7. The van der Waals surface area contributed by atoms with Gasteiger partial charge in [-0.3, -0.25) is 29.4 Å². The van der Waals surface area contributed by atoms with Gasteiger partial charge in [0, 0.05) is 12.5 Å². The smallest absolute Gasteiger partial charge is 0.262 e. The zero-order chi connectivity index (χ0) is 24.8. The summed E-state index contributed by atoms with van der Waals surface area (Å²) in [5, 5.41) is 5.65. The van der Waals surface area contributed by atoms with Gasteiger partial charge in [-0.15, -0.1) is 0 Å². The number of piperidine rings is 3. The maximum atomic E-state index is 13.4. The molecule has 4 aliphatic heterocycles. The number of carbonyl (C=O) groups excluding carboxylic acids is 4. The van der Waals surface area contributed by atoms with Crippen molar-refractivity contribution in [1.82, 2.24) is 20.4 Å². The number of nitrogens with one attached hydrogen (secondary N) is 2. The molecule has 1 aliphatic carbocycles. The molecule has 6 rings (SSSR count). The summed E-state index contributed by atoms with van der Waals surface area (Å²) in [4.78, 5) is 54.2. The van der Waals surface area contributed by atoms with E-state index in [0.29, 0.717) is 29.4 Å². The third kappa shape index (κ3) is 4.27. The molecule has 0 radical (unpaired) electrons. The van der Waals surface area contributed by atoms with Crippen LogP contribution in [0.4, 0.5) is 0 Å². The lowest BCUT2D eigenvalue weighted by atomic mass is 9.82. The molecule has 1 unspecified atom stereocenters. The first kappa shape index (κ1) is 23.8. The number of likely N-dealkylation sites (tertiary alicyclic amines) is 1. The Balaban J connectivity index is 1.08. The number of rotatable bonds is 5. The fraction of sp³-hybridized carbons (Fsp3) is 0.630. The number of nitrogens with zero attached hydrogens (tertiary/aromatic N) is 2. The van der Waals surface area contributed by atoms with E-state index in [4.69, 9.17) is 4.74 Å². The summed E-state index contributed by atoms with van der Waals surface area (Å²) < 4.78 is 6.30. The highest BCUT2D eigenvalue weighted by molar-refractivity contribution is 6.24. The van der Waals surface area contributed by atoms with Gasteiger partial charge in [-0.1, -0.05) is 12.1 Å². The van der Waals surface area contributed by atoms with E-state index in [0.717, 1.165) is 75.2 Å². The number of amides is 4. The van der Waals surface area contributed by atoms with E-state index in [-0.39, 0.29) is 24.7 Å². The molecule has 9 nitrogen and oxygen atoms in total. The second-order valence-corrected chi connectivity index (χ2v) is 10.9. The van der Waals surface area contributed by atoms with Crippen LogP contribution in [0.3, 0.4) is 0 Å². The molecule has 1 aromatic carbocycles. The summed E-state index contributed by atoms with van der Waals surface area (Å²) in [6, 6.07) is 5.13. The molecule has 5 aliphatic rings. The summed E-state index contributed by atoms with van der Waals surface area (Å²) in [5.41, 5.74) is 1.74. The van der Waals surface area contributed by atoms with E-state index in [9.17, 15) is 19.2 Å². The van der Waals surface area contributed by atoms with Crippen molar-refractivity contribution in [2.24, 2.45) is 0 Å². The molecule has 36 heavy (non-hydrogen) atoms. The van der Waals surface area contributed by atoms with Crippen molar-refractivity contribution in [2.75, 3.05) is 26.2 Å². The lowest BCUT2D eigenvalue weighted by Crippen LogP contribution is -2.54. The van der Waals surface area contributed by atoms with E-state index < -0.39 is 23.8 Å². The predicted octanol–water partition coefficient (Wildman–Crippen LogP) is 1.57. The van der Waals surface area contributed by atoms with E-state index in [1.54, 1.807) is 6.07 Å². The van der Waals surface area contributed by atoms with Crippen LogP contribution in [0, 0.1) is 0 Å². The lowest BCUT2D eigenvalue weighted by molar-refractivity contribution is -0.136. The lowest BCUT2D eigenvalue weighted by Gasteiger charge is -2.46. The molecular formula is C27H34N4O5. The largest absolute Gasteiger partial charge is 0.375 e. The molecule has 1 atom stereocenters. The average Bonchev–Trinajstić information content (AvgIpc) is 3.12. The van der Waals surface area contributed by atoms with Crippen LogP contribution in [-0.2, 0) is 14.3 Å². The standard InChI is InChI=1S/C27H34N4O5/c32-23-5-4-22(25(33)29-23)31-26(34)21-3-1-2-20(24(21)27(31)35)16-8-12-30(13-9-16)17-14-19(15-17)36-18-6-10-28-11-7-18/h1-3,16-19,22,28H,4-15H2,(H,29,32,33). The van der Waals surface area contributed by atoms with Gasteiger partial charge in [-0.2, -0.15) is 0 Å². The van der Waals surface area contributed by atoms with E-state index in [1.165, 1.54) is 0 Å². The summed E-state index contributed by atoms with van der Waals surface area (Å²) in [6.45, 7) is 4.05. The minimum absolute atomic E-state index is 0.125. The minimum atomic E-state index is -0.927. The van der Waals surface area contributed by atoms with Crippen molar-refractivity contribution < 1.29 is 23.9 Å². The Hall–Kier alpha value is -2.62. The highest BCUT2D eigenvalue weighted by Gasteiger charge is 2.46. The molecule has 1 aromatic rings. The molecule has 192 valence electrons. The van der Waals surface area contributed by atoms with Crippen molar-refractivity contribution in [1.29, 1.82) is 0 Å². The van der Waals surface area contributed by atoms with E-state index in [1.807, 2.05) is 12.1 Å². The number of ether oxygens (including phenoxy) is 1. The van der Waals surface area contributed by atoms with Gasteiger partial charge in [0.15, 0.2) is 0 Å². The second-order valence-electron chi connectivity index (χ2n) is 10.9. The fourth-order valence-electron chi connectivity index (χ4n) is 6.61. The van der Waals surface area contributed by atoms with Gasteiger partial charge in [-0.05, 0) is 88.7 Å². The normalized spacial score (nSPS) is 30.3. The number of benzene rings is 1. The van der Waals surface area contributed by atoms with Gasteiger partial charge >= 0.3 is 0 Å². The Morgan fingerprint density at radius 3 is 2.33 bits per heavy atom. The van der Waals surface area contributed by atoms with Crippen LogP contribution in [0.1, 0.15) is 83.6 Å². The Kier molecular flexibility index (Phi) is 6.39. The Labute approximate surface area is 210 Å². The summed E-state index contributed by atoms with van der Waals surface area (Å²) in [5.74, 6) is -1.57. The first-order chi connectivity index (χ1) is 17.5. The van der Waals surface area contributed by atoms with Crippen molar-refractivity contribution in [3.63, 3.8) is 0 Å². The topological polar surface area (TPSA) is 108 Å². The van der Waals surface area contributed by atoms with E-state index >= 15 is 0 Å². The first-order valence-corrected chi connectivity index (χ1v) is 13.4. The number of imide groups is 2. The molecular weight excluding hydrogens is 460 g/mol. The second kappa shape index (κ2) is 9.68. The van der Waals surface area contributed by atoms with Crippen molar-refractivity contribution >= 4 is 23.6 Å². The predicted molar refractivity (Wildman–Crippen MR) is 130 cm³/mol. The number of fused-ring (bicyclic) bond motifs is 1. The van der Waals surface area contributed by atoms with Gasteiger partial charge in [0.05, 0.1) is 23.3 Å². The van der Waals surface area contributed by atoms with Crippen LogP contribution >= 0.6 is 0 Å². The third-order valence-corrected chi connectivity index (χ3v) is 8.73. The molecule has 4 heterocycles. The first-order valence-electron chi connectivity index (χ1n) is 13.4. The SMILES string of the molecule is O=C1CCC(N2C(=O)c3cccc(C4CCN(C5CC(OC6CCNCC6)C5)CC4)c3C2=O)C(=O)N1. The Bertz CT molecular complexity index is 1070. The molecule has 1 saturated carbocycles. The Morgan fingerprint density at radius 1 is 0.861 bits per heavy atom. The summed E-state index contributed by atoms with van der Waals surface area (Å²) in [6.07, 6.45) is 7.38. The summed E-state index contributed by atoms with van der Waals surface area (Å²) >= 11 is 0. The monoisotopic (exact) mass is 494 g/mol. The van der Waals surface area contributed by atoms with Crippen molar-refractivity contribution in [3.05, 3.63) is 34.9 Å². The quantitative estimate of drug-likeness (QED) is 0.598. The van der Waals surface area contributed by atoms with Gasteiger partial charge in [0.2, 0.25) is 11.8 Å². The van der Waals surface area contributed by atoms with Crippen LogP contribution in [-0.4, -0.2) is 83.9 Å². The van der Waals surface area contributed by atoms with Crippen molar-refractivity contribution in [2.45, 2.75) is 81.6 Å². The molecule has 0 bridgehead atoms. The molecule has 4 fully saturated rings. The third-order valence-electron chi connectivity index (χ3n) is 8.73. The highest BCUT2D eigenvalue weighted by Crippen LogP contribution is 2.39. The maximum Gasteiger partial charge on any atom is 0.262 e. The maximum absolute atomic E-state index is 13.4. The molecule has 2 N–H and O–H groups in total. The highest BCUT2D eigenvalue weighted by atomic mass is 16.5. The van der Waals surface area contributed by atoms with Crippen LogP contribution in [0.5, 0.6) is 0 Å². The Morgan fingerprint density at radius 2 is 1.61 bits per heavy atom. The van der Waals surface area contributed by atoms with Gasteiger partial charge in [-0.25, -0.2) is 0 Å². The number of hydrogen-bond donors (Lipinski definition) is 2. The minimum Gasteiger partial charge on any atom is -0.375 e. The van der Waals surface area contributed by atoms with Crippen LogP contribution in [0.25, 0.3) is 0 Å². The molecule has 0 aromatic heterocycles. The summed E-state index contributed by atoms with van der Waals surface area (Å²) in [7, 11) is 0. The zero-order valence-corrected chi connectivity index (χ0v) is 20.5.